The van der Waals surface area contributed by atoms with Gasteiger partial charge in [-0.05, 0) is 38.1 Å². The number of nitrogens with two attached hydrogens (primary N) is 1. The Hall–Kier alpha value is -3.18. The Labute approximate surface area is 187 Å². The van der Waals surface area contributed by atoms with Gasteiger partial charge in [0.05, 0.1) is 18.1 Å². The predicted molar refractivity (Wildman–Crippen MR) is 122 cm³/mol. The van der Waals surface area contributed by atoms with E-state index in [2.05, 4.69) is 27.1 Å². The molecule has 0 aliphatic carbocycles. The molecule has 11 heteroatoms. The topological polar surface area (TPSA) is 125 Å². The fraction of sp³-hybridized carbons (Fsp3) is 0.250. The van der Waals surface area contributed by atoms with Gasteiger partial charge in [-0.2, -0.15) is 0 Å². The van der Waals surface area contributed by atoms with Crippen molar-refractivity contribution in [3.8, 4) is 11.4 Å². The summed E-state index contributed by atoms with van der Waals surface area (Å²) in [6.07, 6.45) is 1.74. The number of nitrogens with one attached hydrogen (secondary N) is 1. The van der Waals surface area contributed by atoms with Crippen LogP contribution >= 0.6 is 23.1 Å². The SMILES string of the molecule is C=CCn1c(SCC(=O)Nc2nc(C)c(C(=O)OCC)s2)nnc1-c1ccc(N)cc1. The minimum atomic E-state index is -0.444. The zero-order valence-electron chi connectivity index (χ0n) is 17.1. The van der Waals surface area contributed by atoms with E-state index in [4.69, 9.17) is 10.5 Å². The lowest BCUT2D eigenvalue weighted by molar-refractivity contribution is -0.113. The molecular weight excluding hydrogens is 436 g/mol. The summed E-state index contributed by atoms with van der Waals surface area (Å²) in [5.41, 5.74) is 7.80. The molecule has 3 rings (SSSR count). The molecule has 1 aromatic carbocycles. The maximum Gasteiger partial charge on any atom is 0.350 e. The number of amides is 1. The first-order chi connectivity index (χ1) is 14.9. The van der Waals surface area contributed by atoms with Crippen LogP contribution in [0.3, 0.4) is 0 Å². The van der Waals surface area contributed by atoms with Crippen LogP contribution in [0.4, 0.5) is 10.8 Å². The lowest BCUT2D eigenvalue weighted by Gasteiger charge is -2.08. The minimum absolute atomic E-state index is 0.102. The summed E-state index contributed by atoms with van der Waals surface area (Å²) in [6, 6.07) is 7.32. The third-order valence-corrected chi connectivity index (χ3v) is 6.05. The summed E-state index contributed by atoms with van der Waals surface area (Å²) in [6.45, 7) is 7.98. The Balaban J connectivity index is 1.68. The first-order valence-corrected chi connectivity index (χ1v) is 11.2. The summed E-state index contributed by atoms with van der Waals surface area (Å²) in [7, 11) is 0. The average Bonchev–Trinajstić information content (AvgIpc) is 3.30. The van der Waals surface area contributed by atoms with Gasteiger partial charge in [0.1, 0.15) is 4.88 Å². The van der Waals surface area contributed by atoms with E-state index in [1.165, 1.54) is 11.8 Å². The molecule has 0 aliphatic rings. The summed E-state index contributed by atoms with van der Waals surface area (Å²) in [5, 5.41) is 12.1. The third kappa shape index (κ3) is 5.50. The van der Waals surface area contributed by atoms with E-state index in [1.54, 1.807) is 32.1 Å². The van der Waals surface area contributed by atoms with Gasteiger partial charge >= 0.3 is 5.97 Å². The normalized spacial score (nSPS) is 10.6. The number of aryl methyl sites for hydroxylation is 1. The van der Waals surface area contributed by atoms with Crippen LogP contribution in [0.15, 0.2) is 42.1 Å². The van der Waals surface area contributed by atoms with Crippen molar-refractivity contribution >= 4 is 45.8 Å². The van der Waals surface area contributed by atoms with E-state index in [0.717, 1.165) is 16.9 Å². The van der Waals surface area contributed by atoms with Crippen molar-refractivity contribution in [3.05, 3.63) is 47.5 Å². The molecule has 0 aliphatic heterocycles. The van der Waals surface area contributed by atoms with Crippen molar-refractivity contribution in [2.45, 2.75) is 25.5 Å². The summed E-state index contributed by atoms with van der Waals surface area (Å²) < 4.78 is 6.87. The van der Waals surface area contributed by atoms with Gasteiger partial charge in [-0.3, -0.25) is 9.36 Å². The van der Waals surface area contributed by atoms with Gasteiger partial charge < -0.3 is 15.8 Å². The number of carbonyl (C=O) groups excluding carboxylic acids is 2. The molecule has 3 N–H and O–H groups in total. The highest BCUT2D eigenvalue weighted by molar-refractivity contribution is 7.99. The van der Waals surface area contributed by atoms with Gasteiger partial charge in [0, 0.05) is 17.8 Å². The van der Waals surface area contributed by atoms with Crippen LogP contribution in [0.25, 0.3) is 11.4 Å². The number of hydrogen-bond acceptors (Lipinski definition) is 9. The van der Waals surface area contributed by atoms with Gasteiger partial charge in [-0.15, -0.1) is 16.8 Å². The van der Waals surface area contributed by atoms with Crippen LogP contribution in [0.5, 0.6) is 0 Å². The molecule has 1 amide bonds. The van der Waals surface area contributed by atoms with Gasteiger partial charge in [-0.25, -0.2) is 9.78 Å². The Morgan fingerprint density at radius 3 is 2.74 bits per heavy atom. The minimum Gasteiger partial charge on any atom is -0.462 e. The molecular formula is C20H22N6O3S2. The number of allylic oxidation sites excluding steroid dienone is 1. The quantitative estimate of drug-likeness (QED) is 0.216. The van der Waals surface area contributed by atoms with Crippen LogP contribution < -0.4 is 11.1 Å². The number of ether oxygens (including phenoxy) is 1. The van der Waals surface area contributed by atoms with E-state index >= 15 is 0 Å². The van der Waals surface area contributed by atoms with Gasteiger partial charge in [0.25, 0.3) is 0 Å². The second kappa shape index (κ2) is 10.2. The average molecular weight is 459 g/mol. The number of benzene rings is 1. The van der Waals surface area contributed by atoms with E-state index in [1.807, 2.05) is 16.7 Å². The highest BCUT2D eigenvalue weighted by Crippen LogP contribution is 2.26. The molecule has 0 unspecified atom stereocenters. The zero-order chi connectivity index (χ0) is 22.4. The van der Waals surface area contributed by atoms with Crippen molar-refractivity contribution in [3.63, 3.8) is 0 Å². The Kier molecular flexibility index (Phi) is 7.42. The van der Waals surface area contributed by atoms with Crippen LogP contribution in [0, 0.1) is 6.92 Å². The molecule has 9 nitrogen and oxygen atoms in total. The molecule has 0 saturated carbocycles. The highest BCUT2D eigenvalue weighted by Gasteiger charge is 2.19. The number of carbonyl (C=O) groups is 2. The number of thiazole rings is 1. The third-order valence-electron chi connectivity index (χ3n) is 4.03. The molecule has 3 aromatic rings. The number of nitrogen functional groups attached to an aromatic ring is 1. The number of hydrogen-bond donors (Lipinski definition) is 2. The van der Waals surface area contributed by atoms with Crippen molar-refractivity contribution in [2.75, 3.05) is 23.4 Å². The Morgan fingerprint density at radius 2 is 2.06 bits per heavy atom. The van der Waals surface area contributed by atoms with E-state index < -0.39 is 5.97 Å². The standard InChI is InChI=1S/C20H22N6O3S2/c1-4-10-26-17(13-6-8-14(21)9-7-13)24-25-20(26)30-11-15(27)23-19-22-12(3)16(31-19)18(28)29-5-2/h4,6-9H,1,5,10-11,21H2,2-3H3,(H,22,23,27). The molecule has 0 atom stereocenters. The lowest BCUT2D eigenvalue weighted by atomic mass is 10.2. The molecule has 31 heavy (non-hydrogen) atoms. The Bertz CT molecular complexity index is 1090. The van der Waals surface area contributed by atoms with E-state index in [9.17, 15) is 9.59 Å². The van der Waals surface area contributed by atoms with Crippen molar-refractivity contribution in [1.29, 1.82) is 0 Å². The summed E-state index contributed by atoms with van der Waals surface area (Å²) >= 11 is 2.34. The van der Waals surface area contributed by atoms with E-state index in [0.29, 0.717) is 38.9 Å². The maximum atomic E-state index is 12.4. The van der Waals surface area contributed by atoms with Gasteiger partial charge in [-0.1, -0.05) is 29.2 Å². The van der Waals surface area contributed by atoms with Crippen LogP contribution in [-0.2, 0) is 16.1 Å². The van der Waals surface area contributed by atoms with Crippen molar-refractivity contribution < 1.29 is 14.3 Å². The number of rotatable bonds is 9. The second-order valence-corrected chi connectivity index (χ2v) is 8.26. The molecule has 162 valence electrons. The molecule has 2 aromatic heterocycles. The van der Waals surface area contributed by atoms with Crippen LogP contribution in [0.2, 0.25) is 0 Å². The molecule has 0 spiro atoms. The van der Waals surface area contributed by atoms with E-state index in [-0.39, 0.29) is 18.3 Å². The Morgan fingerprint density at radius 1 is 1.32 bits per heavy atom. The number of nitrogens with zero attached hydrogens (tertiary/aromatic N) is 4. The second-order valence-electron chi connectivity index (χ2n) is 6.32. The number of thioether (sulfide) groups is 1. The molecule has 0 fully saturated rings. The van der Waals surface area contributed by atoms with Crippen LogP contribution in [0.1, 0.15) is 22.3 Å². The maximum absolute atomic E-state index is 12.4. The fourth-order valence-corrected chi connectivity index (χ4v) is 4.28. The highest BCUT2D eigenvalue weighted by atomic mass is 32.2. The first-order valence-electron chi connectivity index (χ1n) is 9.40. The van der Waals surface area contributed by atoms with Gasteiger partial charge in [0.15, 0.2) is 16.1 Å². The largest absolute Gasteiger partial charge is 0.462 e. The smallest absolute Gasteiger partial charge is 0.350 e. The molecule has 2 heterocycles. The van der Waals surface area contributed by atoms with Crippen LogP contribution in [-0.4, -0.2) is 44.0 Å². The summed E-state index contributed by atoms with van der Waals surface area (Å²) in [5.74, 6) is 0.0542. The fourth-order valence-electron chi connectivity index (χ4n) is 2.66. The van der Waals surface area contributed by atoms with Gasteiger partial charge in [0.2, 0.25) is 5.91 Å². The number of anilines is 2. The molecule has 0 saturated heterocycles. The molecule has 0 radical (unpaired) electrons. The lowest BCUT2D eigenvalue weighted by Crippen LogP contribution is -2.14. The predicted octanol–water partition coefficient (Wildman–Crippen LogP) is 3.39. The number of esters is 1. The van der Waals surface area contributed by atoms with Crippen molar-refractivity contribution in [2.24, 2.45) is 0 Å². The number of aromatic nitrogens is 4. The molecule has 0 bridgehead atoms. The van der Waals surface area contributed by atoms with Crippen molar-refractivity contribution in [1.82, 2.24) is 19.7 Å². The monoisotopic (exact) mass is 458 g/mol. The summed E-state index contributed by atoms with van der Waals surface area (Å²) in [4.78, 5) is 28.9. The first kappa shape index (κ1) is 22.5. The zero-order valence-corrected chi connectivity index (χ0v) is 18.8.